The number of carbonyl (C=O) groups excluding carboxylic acids is 3. The van der Waals surface area contributed by atoms with Crippen LogP contribution in [0.3, 0.4) is 0 Å². The summed E-state index contributed by atoms with van der Waals surface area (Å²) in [6.45, 7) is 6.11. The normalized spacial score (nSPS) is 16.9. The first-order valence-corrected chi connectivity index (χ1v) is 5.11. The molecular weight excluding hydrogens is 242 g/mol. The molecule has 0 saturated carbocycles. The van der Waals surface area contributed by atoms with Crippen LogP contribution in [0.5, 0.6) is 0 Å². The van der Waals surface area contributed by atoms with E-state index in [9.17, 15) is 19.2 Å². The molecule has 0 bridgehead atoms. The third-order valence-corrected chi connectivity index (χ3v) is 2.18. The molecule has 1 aliphatic rings. The topological polar surface area (TPSA) is 125 Å². The lowest BCUT2D eigenvalue weighted by atomic mass is 10.1. The molecular formula is C10H17N3O5. The summed E-state index contributed by atoms with van der Waals surface area (Å²) in [5.74, 6) is -1.32. The number of hydrogen-bond donors (Lipinski definition) is 4. The number of carboxylic acid groups (broad SMARTS) is 1. The summed E-state index contributed by atoms with van der Waals surface area (Å²) in [5, 5.41) is 15.1. The van der Waals surface area contributed by atoms with Crippen molar-refractivity contribution in [2.24, 2.45) is 0 Å². The lowest BCUT2D eigenvalue weighted by Gasteiger charge is -2.16. The molecule has 0 atom stereocenters. The van der Waals surface area contributed by atoms with Gasteiger partial charge in [-0.2, -0.15) is 0 Å². The van der Waals surface area contributed by atoms with Gasteiger partial charge in [0.1, 0.15) is 11.1 Å². The van der Waals surface area contributed by atoms with Crippen LogP contribution in [0.4, 0.5) is 4.79 Å². The van der Waals surface area contributed by atoms with E-state index in [2.05, 4.69) is 16.0 Å². The van der Waals surface area contributed by atoms with Crippen LogP contribution in [-0.2, 0) is 14.4 Å². The molecule has 18 heavy (non-hydrogen) atoms. The molecule has 4 amide bonds. The van der Waals surface area contributed by atoms with E-state index in [-0.39, 0.29) is 5.91 Å². The minimum atomic E-state index is -1.15. The molecule has 8 heteroatoms. The predicted octanol–water partition coefficient (Wildman–Crippen LogP) is -0.800. The Hall–Kier alpha value is -2.12. The highest BCUT2D eigenvalue weighted by Gasteiger charge is 2.36. The molecule has 0 aromatic carbocycles. The fourth-order valence-corrected chi connectivity index (χ4v) is 0.840. The molecule has 0 aliphatic carbocycles. The van der Waals surface area contributed by atoms with Crippen LogP contribution in [0.15, 0.2) is 0 Å². The molecule has 1 fully saturated rings. The van der Waals surface area contributed by atoms with Crippen molar-refractivity contribution in [3.63, 3.8) is 0 Å². The SMILES string of the molecule is CC(C)(NC=O)C(=O)O.CC1(C)NC(=O)NC1=O. The Labute approximate surface area is 104 Å². The van der Waals surface area contributed by atoms with Crippen LogP contribution in [0, 0.1) is 0 Å². The van der Waals surface area contributed by atoms with Gasteiger partial charge in [-0.25, -0.2) is 9.59 Å². The van der Waals surface area contributed by atoms with Crippen LogP contribution in [0.1, 0.15) is 27.7 Å². The Bertz CT molecular complexity index is 374. The van der Waals surface area contributed by atoms with Crippen molar-refractivity contribution in [3.8, 4) is 0 Å². The minimum Gasteiger partial charge on any atom is -0.480 e. The van der Waals surface area contributed by atoms with Crippen LogP contribution in [0.25, 0.3) is 0 Å². The van der Waals surface area contributed by atoms with Crippen LogP contribution >= 0.6 is 0 Å². The van der Waals surface area contributed by atoms with Crippen molar-refractivity contribution in [1.82, 2.24) is 16.0 Å². The standard InChI is InChI=1S/C5H8N2O2.C5H9NO3/c1-5(2)3(8)6-4(9)7-5;1-5(2,4(8)9)6-3-7/h1-2H3,(H2,6,7,8,9);3H,1-2H3,(H,6,7)(H,8,9). The predicted molar refractivity (Wildman–Crippen MR) is 61.7 cm³/mol. The van der Waals surface area contributed by atoms with Crippen LogP contribution < -0.4 is 16.0 Å². The monoisotopic (exact) mass is 259 g/mol. The lowest BCUT2D eigenvalue weighted by Crippen LogP contribution is -2.45. The number of urea groups is 1. The average molecular weight is 259 g/mol. The quantitative estimate of drug-likeness (QED) is 0.390. The van der Waals surface area contributed by atoms with Crippen molar-refractivity contribution in [1.29, 1.82) is 0 Å². The molecule has 0 radical (unpaired) electrons. The van der Waals surface area contributed by atoms with Crippen molar-refractivity contribution in [2.45, 2.75) is 38.8 Å². The zero-order valence-corrected chi connectivity index (χ0v) is 10.7. The zero-order chi connectivity index (χ0) is 14.6. The molecule has 1 heterocycles. The number of carboxylic acids is 1. The van der Waals surface area contributed by atoms with E-state index in [0.29, 0.717) is 6.41 Å². The van der Waals surface area contributed by atoms with Crippen molar-refractivity contribution in [2.75, 3.05) is 0 Å². The van der Waals surface area contributed by atoms with Crippen molar-refractivity contribution >= 4 is 24.3 Å². The summed E-state index contributed by atoms with van der Waals surface area (Å²) in [7, 11) is 0. The summed E-state index contributed by atoms with van der Waals surface area (Å²) in [6.07, 6.45) is 0.369. The number of aliphatic carboxylic acids is 1. The Balaban J connectivity index is 0.000000321. The zero-order valence-electron chi connectivity index (χ0n) is 10.7. The van der Waals surface area contributed by atoms with Gasteiger partial charge in [0.25, 0.3) is 5.91 Å². The smallest absolute Gasteiger partial charge is 0.328 e. The first-order valence-electron chi connectivity index (χ1n) is 5.11. The fraction of sp³-hybridized carbons (Fsp3) is 0.600. The number of nitrogens with one attached hydrogen (secondary N) is 3. The lowest BCUT2D eigenvalue weighted by molar-refractivity contribution is -0.144. The highest BCUT2D eigenvalue weighted by molar-refractivity contribution is 6.06. The highest BCUT2D eigenvalue weighted by Crippen LogP contribution is 2.06. The molecule has 1 saturated heterocycles. The van der Waals surface area contributed by atoms with E-state index >= 15 is 0 Å². The van der Waals surface area contributed by atoms with Gasteiger partial charge in [0.2, 0.25) is 6.41 Å². The first-order chi connectivity index (χ1) is 8.03. The maximum atomic E-state index is 10.7. The van der Waals surface area contributed by atoms with Gasteiger partial charge in [-0.1, -0.05) is 0 Å². The van der Waals surface area contributed by atoms with Gasteiger partial charge in [-0.3, -0.25) is 14.9 Å². The molecule has 1 aliphatic heterocycles. The van der Waals surface area contributed by atoms with Crippen LogP contribution in [-0.4, -0.2) is 40.5 Å². The van der Waals surface area contributed by atoms with E-state index < -0.39 is 23.1 Å². The fourth-order valence-electron chi connectivity index (χ4n) is 0.840. The van der Waals surface area contributed by atoms with Crippen molar-refractivity contribution < 1.29 is 24.3 Å². The summed E-state index contributed by atoms with van der Waals surface area (Å²) < 4.78 is 0. The molecule has 102 valence electrons. The maximum absolute atomic E-state index is 10.7. The van der Waals surface area contributed by atoms with Gasteiger partial charge >= 0.3 is 12.0 Å². The van der Waals surface area contributed by atoms with Gasteiger partial charge in [0.05, 0.1) is 0 Å². The summed E-state index contributed by atoms with van der Waals surface area (Å²) in [6, 6.07) is -0.412. The number of carbonyl (C=O) groups is 4. The van der Waals surface area contributed by atoms with E-state index in [1.165, 1.54) is 13.8 Å². The second-order valence-electron chi connectivity index (χ2n) is 4.73. The summed E-state index contributed by atoms with van der Waals surface area (Å²) in [5.41, 5.74) is -1.88. The summed E-state index contributed by atoms with van der Waals surface area (Å²) in [4.78, 5) is 41.1. The molecule has 1 rings (SSSR count). The largest absolute Gasteiger partial charge is 0.480 e. The number of amides is 4. The molecule has 8 nitrogen and oxygen atoms in total. The van der Waals surface area contributed by atoms with Gasteiger partial charge in [0.15, 0.2) is 0 Å². The Kier molecular flexibility index (Phi) is 4.83. The van der Waals surface area contributed by atoms with Crippen LogP contribution in [0.2, 0.25) is 0 Å². The van der Waals surface area contributed by atoms with E-state index in [1.807, 2.05) is 0 Å². The van der Waals surface area contributed by atoms with Gasteiger partial charge in [0, 0.05) is 0 Å². The number of rotatable bonds is 3. The summed E-state index contributed by atoms with van der Waals surface area (Å²) >= 11 is 0. The Morgan fingerprint density at radius 2 is 1.89 bits per heavy atom. The molecule has 0 aromatic rings. The maximum Gasteiger partial charge on any atom is 0.328 e. The molecule has 0 spiro atoms. The molecule has 4 N–H and O–H groups in total. The first kappa shape index (κ1) is 15.9. The molecule has 0 aromatic heterocycles. The Morgan fingerprint density at radius 3 is 2.00 bits per heavy atom. The highest BCUT2D eigenvalue weighted by atomic mass is 16.4. The minimum absolute atomic E-state index is 0.271. The van der Waals surface area contributed by atoms with Gasteiger partial charge in [-0.05, 0) is 27.7 Å². The average Bonchev–Trinajstić information content (AvgIpc) is 2.38. The van der Waals surface area contributed by atoms with E-state index in [0.717, 1.165) is 0 Å². The van der Waals surface area contributed by atoms with Crippen molar-refractivity contribution in [3.05, 3.63) is 0 Å². The van der Waals surface area contributed by atoms with Gasteiger partial charge < -0.3 is 15.7 Å². The third-order valence-electron chi connectivity index (χ3n) is 2.18. The second-order valence-corrected chi connectivity index (χ2v) is 4.73. The number of imide groups is 1. The second kappa shape index (κ2) is 5.48. The Morgan fingerprint density at radius 1 is 1.39 bits per heavy atom. The van der Waals surface area contributed by atoms with Gasteiger partial charge in [-0.15, -0.1) is 0 Å². The molecule has 0 unspecified atom stereocenters. The number of hydrogen-bond acceptors (Lipinski definition) is 4. The van der Waals surface area contributed by atoms with E-state index in [4.69, 9.17) is 5.11 Å². The third kappa shape index (κ3) is 4.40. The van der Waals surface area contributed by atoms with E-state index in [1.54, 1.807) is 13.8 Å².